The quantitative estimate of drug-likeness (QED) is 0.569. The van der Waals surface area contributed by atoms with Gasteiger partial charge in [0.25, 0.3) is 0 Å². The predicted octanol–water partition coefficient (Wildman–Crippen LogP) is 3.63. The third-order valence-electron chi connectivity index (χ3n) is 2.54. The first kappa shape index (κ1) is 14.3. The van der Waals surface area contributed by atoms with E-state index in [1.807, 2.05) is 26.8 Å². The van der Waals surface area contributed by atoms with Crippen LogP contribution in [0.3, 0.4) is 0 Å². The standard InChI is InChI=1S/C15H20O3/c1-5-13(16)12-6-7-14(15(10-12)17-4)18-9-8-11(2)3/h6-8,10H,5,9H2,1-4H3. The number of methoxy groups -OCH3 is 1. The minimum absolute atomic E-state index is 0.101. The lowest BCUT2D eigenvalue weighted by Gasteiger charge is -2.10. The van der Waals surface area contributed by atoms with Crippen LogP contribution in [0.2, 0.25) is 0 Å². The summed E-state index contributed by atoms with van der Waals surface area (Å²) in [6, 6.07) is 5.27. The fourth-order valence-corrected chi connectivity index (χ4v) is 1.46. The average molecular weight is 248 g/mol. The van der Waals surface area contributed by atoms with E-state index in [0.717, 1.165) is 0 Å². The first-order valence-corrected chi connectivity index (χ1v) is 6.05. The Morgan fingerprint density at radius 3 is 2.56 bits per heavy atom. The highest BCUT2D eigenvalue weighted by molar-refractivity contribution is 5.96. The summed E-state index contributed by atoms with van der Waals surface area (Å²) in [5.41, 5.74) is 1.86. The van der Waals surface area contributed by atoms with Crippen LogP contribution >= 0.6 is 0 Å². The Kier molecular flexibility index (Phi) is 5.43. The molecule has 0 N–H and O–H groups in total. The van der Waals surface area contributed by atoms with Crippen LogP contribution in [0.25, 0.3) is 0 Å². The topological polar surface area (TPSA) is 35.5 Å². The number of Topliss-reactive ketones (excluding diaryl/α,β-unsaturated/α-hetero) is 1. The molecule has 3 nitrogen and oxygen atoms in total. The van der Waals surface area contributed by atoms with Crippen LogP contribution in [0.5, 0.6) is 11.5 Å². The zero-order chi connectivity index (χ0) is 13.5. The van der Waals surface area contributed by atoms with Crippen molar-refractivity contribution in [3.05, 3.63) is 35.4 Å². The summed E-state index contributed by atoms with van der Waals surface area (Å²) in [5.74, 6) is 1.35. The molecule has 3 heteroatoms. The lowest BCUT2D eigenvalue weighted by atomic mass is 10.1. The summed E-state index contributed by atoms with van der Waals surface area (Å²) in [6.07, 6.45) is 2.48. The number of rotatable bonds is 6. The molecule has 0 aromatic heterocycles. The Morgan fingerprint density at radius 1 is 1.28 bits per heavy atom. The van der Waals surface area contributed by atoms with Crippen molar-refractivity contribution in [3.8, 4) is 11.5 Å². The second-order valence-corrected chi connectivity index (χ2v) is 4.23. The van der Waals surface area contributed by atoms with Crippen molar-refractivity contribution in [1.82, 2.24) is 0 Å². The molecule has 1 aromatic rings. The monoisotopic (exact) mass is 248 g/mol. The van der Waals surface area contributed by atoms with E-state index >= 15 is 0 Å². The van der Waals surface area contributed by atoms with Gasteiger partial charge in [-0.3, -0.25) is 4.79 Å². The molecule has 0 atom stereocenters. The fourth-order valence-electron chi connectivity index (χ4n) is 1.46. The molecular weight excluding hydrogens is 228 g/mol. The van der Waals surface area contributed by atoms with Gasteiger partial charge in [0.2, 0.25) is 0 Å². The van der Waals surface area contributed by atoms with Crippen molar-refractivity contribution < 1.29 is 14.3 Å². The Bertz CT molecular complexity index is 443. The zero-order valence-corrected chi connectivity index (χ0v) is 11.4. The van der Waals surface area contributed by atoms with E-state index in [1.54, 1.807) is 25.3 Å². The zero-order valence-electron chi connectivity index (χ0n) is 11.4. The smallest absolute Gasteiger partial charge is 0.162 e. The van der Waals surface area contributed by atoms with Gasteiger partial charge in [-0.05, 0) is 38.1 Å². The van der Waals surface area contributed by atoms with Crippen LogP contribution < -0.4 is 9.47 Å². The molecular formula is C15H20O3. The summed E-state index contributed by atoms with van der Waals surface area (Å²) in [6.45, 7) is 6.38. The number of allylic oxidation sites excluding steroid dienone is 1. The van der Waals surface area contributed by atoms with E-state index in [0.29, 0.717) is 30.1 Å². The first-order chi connectivity index (χ1) is 8.58. The maximum atomic E-state index is 11.6. The molecule has 18 heavy (non-hydrogen) atoms. The summed E-state index contributed by atoms with van der Waals surface area (Å²) in [4.78, 5) is 11.6. The van der Waals surface area contributed by atoms with Crippen LogP contribution in [-0.4, -0.2) is 19.5 Å². The van der Waals surface area contributed by atoms with E-state index < -0.39 is 0 Å². The molecule has 0 unspecified atom stereocenters. The average Bonchev–Trinajstić information content (AvgIpc) is 2.37. The largest absolute Gasteiger partial charge is 0.493 e. The number of carbonyl (C=O) groups excluding carboxylic acids is 1. The Balaban J connectivity index is 2.86. The van der Waals surface area contributed by atoms with Gasteiger partial charge in [-0.15, -0.1) is 0 Å². The number of hydrogen-bond acceptors (Lipinski definition) is 3. The van der Waals surface area contributed by atoms with Crippen molar-refractivity contribution in [3.63, 3.8) is 0 Å². The lowest BCUT2D eigenvalue weighted by molar-refractivity contribution is 0.0988. The Morgan fingerprint density at radius 2 is 2.00 bits per heavy atom. The third kappa shape index (κ3) is 3.91. The van der Waals surface area contributed by atoms with Gasteiger partial charge in [0.1, 0.15) is 6.61 Å². The highest BCUT2D eigenvalue weighted by Crippen LogP contribution is 2.28. The van der Waals surface area contributed by atoms with Gasteiger partial charge >= 0.3 is 0 Å². The summed E-state index contributed by atoms with van der Waals surface area (Å²) in [7, 11) is 1.57. The number of benzene rings is 1. The molecule has 0 aliphatic rings. The molecule has 1 rings (SSSR count). The minimum Gasteiger partial charge on any atom is -0.493 e. The highest BCUT2D eigenvalue weighted by atomic mass is 16.5. The van der Waals surface area contributed by atoms with Crippen molar-refractivity contribution in [1.29, 1.82) is 0 Å². The molecule has 0 spiro atoms. The van der Waals surface area contributed by atoms with Crippen LogP contribution in [0.1, 0.15) is 37.6 Å². The van der Waals surface area contributed by atoms with Crippen LogP contribution in [-0.2, 0) is 0 Å². The number of carbonyl (C=O) groups is 1. The molecule has 98 valence electrons. The van der Waals surface area contributed by atoms with Crippen LogP contribution in [0, 0.1) is 0 Å². The molecule has 0 amide bonds. The normalized spacial score (nSPS) is 9.78. The van der Waals surface area contributed by atoms with E-state index in [-0.39, 0.29) is 5.78 Å². The summed E-state index contributed by atoms with van der Waals surface area (Å²) in [5, 5.41) is 0. The maximum Gasteiger partial charge on any atom is 0.162 e. The SMILES string of the molecule is CCC(=O)c1ccc(OCC=C(C)C)c(OC)c1. The molecule has 0 aliphatic heterocycles. The minimum atomic E-state index is 0.101. The van der Waals surface area contributed by atoms with E-state index in [9.17, 15) is 4.79 Å². The number of ether oxygens (including phenoxy) is 2. The molecule has 0 heterocycles. The van der Waals surface area contributed by atoms with Crippen molar-refractivity contribution in [2.45, 2.75) is 27.2 Å². The highest BCUT2D eigenvalue weighted by Gasteiger charge is 2.09. The molecule has 0 fully saturated rings. The molecule has 0 radical (unpaired) electrons. The fraction of sp³-hybridized carbons (Fsp3) is 0.400. The van der Waals surface area contributed by atoms with E-state index in [1.165, 1.54) is 5.57 Å². The third-order valence-corrected chi connectivity index (χ3v) is 2.54. The van der Waals surface area contributed by atoms with Gasteiger partial charge in [0.15, 0.2) is 17.3 Å². The molecule has 0 saturated carbocycles. The molecule has 0 saturated heterocycles. The van der Waals surface area contributed by atoms with Gasteiger partial charge in [0.05, 0.1) is 7.11 Å². The second kappa shape index (κ2) is 6.84. The van der Waals surface area contributed by atoms with Crippen molar-refractivity contribution in [2.24, 2.45) is 0 Å². The van der Waals surface area contributed by atoms with E-state index in [2.05, 4.69) is 0 Å². The van der Waals surface area contributed by atoms with Gasteiger partial charge in [-0.25, -0.2) is 0 Å². The van der Waals surface area contributed by atoms with E-state index in [4.69, 9.17) is 9.47 Å². The number of ketones is 1. The lowest BCUT2D eigenvalue weighted by Crippen LogP contribution is -2.01. The molecule has 0 aliphatic carbocycles. The predicted molar refractivity (Wildman–Crippen MR) is 72.5 cm³/mol. The second-order valence-electron chi connectivity index (χ2n) is 4.23. The van der Waals surface area contributed by atoms with Gasteiger partial charge in [0, 0.05) is 12.0 Å². The van der Waals surface area contributed by atoms with Crippen LogP contribution in [0.4, 0.5) is 0 Å². The Labute approximate surface area is 108 Å². The number of hydrogen-bond donors (Lipinski definition) is 0. The summed E-state index contributed by atoms with van der Waals surface area (Å²) < 4.78 is 10.8. The summed E-state index contributed by atoms with van der Waals surface area (Å²) >= 11 is 0. The Hall–Kier alpha value is -1.77. The van der Waals surface area contributed by atoms with Crippen molar-refractivity contribution >= 4 is 5.78 Å². The van der Waals surface area contributed by atoms with Crippen LogP contribution in [0.15, 0.2) is 29.8 Å². The maximum absolute atomic E-state index is 11.6. The van der Waals surface area contributed by atoms with Gasteiger partial charge in [-0.2, -0.15) is 0 Å². The molecule has 0 bridgehead atoms. The molecule has 1 aromatic carbocycles. The van der Waals surface area contributed by atoms with Gasteiger partial charge < -0.3 is 9.47 Å². The first-order valence-electron chi connectivity index (χ1n) is 6.05. The van der Waals surface area contributed by atoms with Gasteiger partial charge in [-0.1, -0.05) is 12.5 Å². The van der Waals surface area contributed by atoms with Crippen molar-refractivity contribution in [2.75, 3.05) is 13.7 Å².